The molecule has 1 N–H and O–H groups in total. The second-order valence-corrected chi connectivity index (χ2v) is 8.79. The van der Waals surface area contributed by atoms with Gasteiger partial charge in [0.2, 0.25) is 11.7 Å². The quantitative estimate of drug-likeness (QED) is 0.478. The lowest BCUT2D eigenvalue weighted by atomic mass is 10.0. The highest BCUT2D eigenvalue weighted by Crippen LogP contribution is 2.22. The van der Waals surface area contributed by atoms with E-state index in [1.54, 1.807) is 6.20 Å². The first-order valence-corrected chi connectivity index (χ1v) is 11.6. The first kappa shape index (κ1) is 21.9. The topological polar surface area (TPSA) is 87.4 Å². The Morgan fingerprint density at radius 2 is 1.82 bits per heavy atom. The van der Waals surface area contributed by atoms with Gasteiger partial charge in [-0.15, -0.1) is 0 Å². The molecule has 2 aromatic heterocycles. The Morgan fingerprint density at radius 1 is 1.03 bits per heavy atom. The van der Waals surface area contributed by atoms with E-state index in [1.807, 2.05) is 49.1 Å². The third kappa shape index (κ3) is 4.57. The van der Waals surface area contributed by atoms with E-state index in [0.29, 0.717) is 31.3 Å². The zero-order valence-corrected chi connectivity index (χ0v) is 19.4. The number of pyridine rings is 1. The van der Waals surface area contributed by atoms with Gasteiger partial charge in [0.15, 0.2) is 0 Å². The fourth-order valence-electron chi connectivity index (χ4n) is 4.16. The molecule has 1 aliphatic rings. The number of aromatic nitrogens is 3. The van der Waals surface area contributed by atoms with Gasteiger partial charge < -0.3 is 19.6 Å². The molecule has 0 unspecified atom stereocenters. The number of hydrogen-bond donors (Lipinski definition) is 1. The van der Waals surface area contributed by atoms with Crippen LogP contribution in [0.25, 0.3) is 22.2 Å². The average molecular weight is 457 g/mol. The van der Waals surface area contributed by atoms with Gasteiger partial charge in [-0.05, 0) is 28.5 Å². The van der Waals surface area contributed by atoms with Crippen molar-refractivity contribution in [3.05, 3.63) is 72.2 Å². The molecule has 0 aliphatic carbocycles. The van der Waals surface area contributed by atoms with Gasteiger partial charge in [-0.1, -0.05) is 61.5 Å². The second-order valence-electron chi connectivity index (χ2n) is 8.79. The molecule has 8 nitrogen and oxygen atoms in total. The SMILES string of the molecule is CC(C)c1nc(-c2ccc(N3CCN(C(=O)NCc4cccc5ccccc45)CC3)nc2)no1. The van der Waals surface area contributed by atoms with Crippen molar-refractivity contribution in [3.8, 4) is 11.4 Å². The van der Waals surface area contributed by atoms with Crippen molar-refractivity contribution < 1.29 is 9.32 Å². The summed E-state index contributed by atoms with van der Waals surface area (Å²) in [7, 11) is 0. The van der Waals surface area contributed by atoms with Gasteiger partial charge in [0.1, 0.15) is 5.82 Å². The van der Waals surface area contributed by atoms with E-state index in [4.69, 9.17) is 4.52 Å². The third-order valence-electron chi connectivity index (χ3n) is 6.14. The number of urea groups is 1. The highest BCUT2D eigenvalue weighted by atomic mass is 16.5. The summed E-state index contributed by atoms with van der Waals surface area (Å²) in [5, 5.41) is 9.48. The van der Waals surface area contributed by atoms with Crippen LogP contribution < -0.4 is 10.2 Å². The van der Waals surface area contributed by atoms with Crippen molar-refractivity contribution in [1.29, 1.82) is 0 Å². The molecule has 0 atom stereocenters. The summed E-state index contributed by atoms with van der Waals surface area (Å²) in [5.41, 5.74) is 1.95. The summed E-state index contributed by atoms with van der Waals surface area (Å²) in [4.78, 5) is 25.8. The number of rotatable bonds is 5. The number of carbonyl (C=O) groups is 1. The molecular formula is C26H28N6O2. The van der Waals surface area contributed by atoms with Crippen molar-refractivity contribution >= 4 is 22.6 Å². The van der Waals surface area contributed by atoms with Crippen LogP contribution >= 0.6 is 0 Å². The van der Waals surface area contributed by atoms with Crippen LogP contribution in [0.15, 0.2) is 65.3 Å². The molecule has 0 saturated carbocycles. The molecule has 0 radical (unpaired) electrons. The van der Waals surface area contributed by atoms with E-state index in [-0.39, 0.29) is 11.9 Å². The van der Waals surface area contributed by atoms with E-state index in [2.05, 4.69) is 49.6 Å². The highest BCUT2D eigenvalue weighted by Gasteiger charge is 2.22. The van der Waals surface area contributed by atoms with Gasteiger partial charge in [0.25, 0.3) is 0 Å². The number of piperazine rings is 1. The molecule has 0 bridgehead atoms. The Morgan fingerprint density at radius 3 is 2.56 bits per heavy atom. The van der Waals surface area contributed by atoms with Crippen molar-refractivity contribution in [2.24, 2.45) is 0 Å². The van der Waals surface area contributed by atoms with Crippen molar-refractivity contribution in [3.63, 3.8) is 0 Å². The van der Waals surface area contributed by atoms with Gasteiger partial charge in [-0.25, -0.2) is 9.78 Å². The summed E-state index contributed by atoms with van der Waals surface area (Å²) in [6, 6.07) is 18.3. The second kappa shape index (κ2) is 9.51. The van der Waals surface area contributed by atoms with Crippen molar-refractivity contribution in [1.82, 2.24) is 25.3 Å². The molecule has 2 amide bonds. The first-order chi connectivity index (χ1) is 16.6. The maximum absolute atomic E-state index is 12.8. The predicted molar refractivity (Wildman–Crippen MR) is 132 cm³/mol. The normalized spacial score (nSPS) is 14.1. The number of nitrogens with one attached hydrogen (secondary N) is 1. The van der Waals surface area contributed by atoms with Crippen molar-refractivity contribution in [2.45, 2.75) is 26.3 Å². The van der Waals surface area contributed by atoms with Crippen LogP contribution in [0.5, 0.6) is 0 Å². The third-order valence-corrected chi connectivity index (χ3v) is 6.14. The average Bonchev–Trinajstić information content (AvgIpc) is 3.38. The first-order valence-electron chi connectivity index (χ1n) is 11.6. The molecule has 8 heteroatoms. The zero-order valence-electron chi connectivity index (χ0n) is 19.4. The van der Waals surface area contributed by atoms with Crippen LogP contribution in [-0.2, 0) is 6.54 Å². The molecule has 1 fully saturated rings. The minimum Gasteiger partial charge on any atom is -0.353 e. The number of fused-ring (bicyclic) bond motifs is 1. The molecule has 174 valence electrons. The van der Waals surface area contributed by atoms with Crippen molar-refractivity contribution in [2.75, 3.05) is 31.1 Å². The molecule has 3 heterocycles. The maximum atomic E-state index is 12.8. The largest absolute Gasteiger partial charge is 0.353 e. The lowest BCUT2D eigenvalue weighted by Gasteiger charge is -2.35. The van der Waals surface area contributed by atoms with Gasteiger partial charge in [0, 0.05) is 50.4 Å². The van der Waals surface area contributed by atoms with E-state index in [1.165, 1.54) is 10.8 Å². The molecule has 34 heavy (non-hydrogen) atoms. The van der Waals surface area contributed by atoms with Gasteiger partial charge in [0.05, 0.1) is 0 Å². The summed E-state index contributed by atoms with van der Waals surface area (Å²) >= 11 is 0. The number of benzene rings is 2. The number of hydrogen-bond acceptors (Lipinski definition) is 6. The Bertz CT molecular complexity index is 1270. The fourth-order valence-corrected chi connectivity index (χ4v) is 4.16. The minimum atomic E-state index is -0.0334. The lowest BCUT2D eigenvalue weighted by molar-refractivity contribution is 0.194. The summed E-state index contributed by atoms with van der Waals surface area (Å²) in [6.45, 7) is 7.30. The van der Waals surface area contributed by atoms with Gasteiger partial charge in [-0.2, -0.15) is 4.98 Å². The predicted octanol–water partition coefficient (Wildman–Crippen LogP) is 4.44. The van der Waals surface area contributed by atoms with Crippen LogP contribution in [0, 0.1) is 0 Å². The Labute approximate surface area is 198 Å². The molecule has 1 saturated heterocycles. The molecule has 1 aliphatic heterocycles. The molecule has 5 rings (SSSR count). The number of anilines is 1. The summed E-state index contributed by atoms with van der Waals surface area (Å²) in [6.07, 6.45) is 1.77. The number of amides is 2. The lowest BCUT2D eigenvalue weighted by Crippen LogP contribution is -2.51. The van der Waals surface area contributed by atoms with Crippen LogP contribution in [-0.4, -0.2) is 52.2 Å². The van der Waals surface area contributed by atoms with Gasteiger partial charge in [-0.3, -0.25) is 0 Å². The van der Waals surface area contributed by atoms with Crippen LogP contribution in [0.3, 0.4) is 0 Å². The zero-order chi connectivity index (χ0) is 23.5. The molecule has 4 aromatic rings. The van der Waals surface area contributed by atoms with E-state index in [0.717, 1.165) is 30.0 Å². The van der Waals surface area contributed by atoms with E-state index in [9.17, 15) is 4.79 Å². The minimum absolute atomic E-state index is 0.0334. The highest BCUT2D eigenvalue weighted by molar-refractivity contribution is 5.86. The molecule has 0 spiro atoms. The fraction of sp³-hybridized carbons (Fsp3) is 0.308. The summed E-state index contributed by atoms with van der Waals surface area (Å²) in [5.74, 6) is 2.24. The number of carbonyl (C=O) groups excluding carboxylic acids is 1. The van der Waals surface area contributed by atoms with Gasteiger partial charge >= 0.3 is 6.03 Å². The molecular weight excluding hydrogens is 428 g/mol. The Balaban J connectivity index is 1.15. The van der Waals surface area contributed by atoms with Crippen LogP contribution in [0.1, 0.15) is 31.2 Å². The maximum Gasteiger partial charge on any atom is 0.317 e. The molecule has 2 aromatic carbocycles. The standard InChI is InChI=1S/C26H28N6O2/c1-18(2)25-29-24(30-34-25)21-10-11-23(27-17-21)31-12-14-32(15-13-31)26(33)28-16-20-8-5-7-19-6-3-4-9-22(19)20/h3-11,17-18H,12-16H2,1-2H3,(H,28,33). The number of nitrogens with zero attached hydrogens (tertiary/aromatic N) is 5. The van der Waals surface area contributed by atoms with E-state index >= 15 is 0 Å². The monoisotopic (exact) mass is 456 g/mol. The van der Waals surface area contributed by atoms with Crippen LogP contribution in [0.4, 0.5) is 10.6 Å². The summed E-state index contributed by atoms with van der Waals surface area (Å²) < 4.78 is 5.29. The smallest absolute Gasteiger partial charge is 0.317 e. The Hall–Kier alpha value is -3.94. The van der Waals surface area contributed by atoms with E-state index < -0.39 is 0 Å². The Kier molecular flexibility index (Phi) is 6.12. The van der Waals surface area contributed by atoms with Crippen LogP contribution in [0.2, 0.25) is 0 Å².